The number of benzene rings is 1. The van der Waals surface area contributed by atoms with Gasteiger partial charge in [0, 0.05) is 0 Å². The molecule has 0 aliphatic rings. The zero-order valence-electron chi connectivity index (χ0n) is 10.2. The lowest BCUT2D eigenvalue weighted by molar-refractivity contribution is 0.0927. The van der Waals surface area contributed by atoms with Gasteiger partial charge < -0.3 is 15.8 Å². The highest BCUT2D eigenvalue weighted by Crippen LogP contribution is 2.26. The van der Waals surface area contributed by atoms with Gasteiger partial charge in [0.05, 0.1) is 23.9 Å². The highest BCUT2D eigenvalue weighted by Gasteiger charge is 2.21. The smallest absolute Gasteiger partial charge is 0.256 e. The lowest BCUT2D eigenvalue weighted by Gasteiger charge is -2.20. The summed E-state index contributed by atoms with van der Waals surface area (Å²) in [7, 11) is 1.47. The van der Waals surface area contributed by atoms with E-state index in [1.165, 1.54) is 7.11 Å². The number of carbonyl (C=O) groups is 1. The van der Waals surface area contributed by atoms with Crippen LogP contribution in [0.2, 0.25) is 0 Å². The number of nitrogens with one attached hydrogen (secondary N) is 1. The standard InChI is InChI=1S/C13H16N2O2/c1-5-13(2,3)15-12(16)9-7-6-8-10(14)11(9)17-4/h1,6-8H,14H2,2-4H3,(H,15,16). The number of hydrogen-bond donors (Lipinski definition) is 2. The predicted octanol–water partition coefficient (Wildman–Crippen LogP) is 1.42. The summed E-state index contributed by atoms with van der Waals surface area (Å²) >= 11 is 0. The van der Waals surface area contributed by atoms with Crippen molar-refractivity contribution >= 4 is 11.6 Å². The highest BCUT2D eigenvalue weighted by atomic mass is 16.5. The maximum absolute atomic E-state index is 12.0. The number of terminal acetylenes is 1. The lowest BCUT2D eigenvalue weighted by Crippen LogP contribution is -2.42. The van der Waals surface area contributed by atoms with E-state index in [0.29, 0.717) is 17.0 Å². The second-order valence-corrected chi connectivity index (χ2v) is 4.15. The third-order valence-corrected chi connectivity index (χ3v) is 2.28. The number of amides is 1. The fraction of sp³-hybridized carbons (Fsp3) is 0.308. The molecule has 4 nitrogen and oxygen atoms in total. The molecule has 0 aliphatic heterocycles. The summed E-state index contributed by atoms with van der Waals surface area (Å²) < 4.78 is 5.11. The number of nitrogens with two attached hydrogens (primary N) is 1. The van der Waals surface area contributed by atoms with Gasteiger partial charge in [0.1, 0.15) is 0 Å². The Morgan fingerprint density at radius 3 is 2.71 bits per heavy atom. The summed E-state index contributed by atoms with van der Waals surface area (Å²) in [5.74, 6) is 2.54. The number of para-hydroxylation sites is 1. The molecule has 4 heteroatoms. The van der Waals surface area contributed by atoms with Crippen molar-refractivity contribution in [3.05, 3.63) is 23.8 Å². The first-order valence-electron chi connectivity index (χ1n) is 5.14. The van der Waals surface area contributed by atoms with Crippen molar-refractivity contribution in [1.29, 1.82) is 0 Å². The van der Waals surface area contributed by atoms with Crippen LogP contribution in [0, 0.1) is 12.3 Å². The van der Waals surface area contributed by atoms with Crippen LogP contribution in [0.15, 0.2) is 18.2 Å². The molecule has 90 valence electrons. The molecular weight excluding hydrogens is 216 g/mol. The SMILES string of the molecule is C#CC(C)(C)NC(=O)c1cccc(N)c1OC. The molecule has 1 aromatic carbocycles. The Kier molecular flexibility index (Phi) is 3.64. The minimum absolute atomic E-state index is 0.308. The van der Waals surface area contributed by atoms with Crippen LogP contribution in [0.25, 0.3) is 0 Å². The Morgan fingerprint density at radius 2 is 2.18 bits per heavy atom. The second kappa shape index (κ2) is 4.79. The quantitative estimate of drug-likeness (QED) is 0.612. The molecule has 17 heavy (non-hydrogen) atoms. The van der Waals surface area contributed by atoms with Gasteiger partial charge in [-0.2, -0.15) is 0 Å². The molecular formula is C13H16N2O2. The van der Waals surface area contributed by atoms with Crippen LogP contribution in [0.1, 0.15) is 24.2 Å². The van der Waals surface area contributed by atoms with Gasteiger partial charge in [-0.1, -0.05) is 12.0 Å². The molecule has 0 spiro atoms. The summed E-state index contributed by atoms with van der Waals surface area (Å²) in [6.45, 7) is 3.48. The maximum atomic E-state index is 12.0. The van der Waals surface area contributed by atoms with E-state index in [4.69, 9.17) is 16.9 Å². The zero-order valence-corrected chi connectivity index (χ0v) is 10.2. The highest BCUT2D eigenvalue weighted by molar-refractivity contribution is 5.99. The number of ether oxygens (including phenoxy) is 1. The van der Waals surface area contributed by atoms with Crippen LogP contribution in [-0.4, -0.2) is 18.6 Å². The van der Waals surface area contributed by atoms with Crippen molar-refractivity contribution < 1.29 is 9.53 Å². The minimum atomic E-state index is -0.716. The molecule has 0 saturated carbocycles. The van der Waals surface area contributed by atoms with Crippen molar-refractivity contribution in [3.8, 4) is 18.1 Å². The normalized spacial score (nSPS) is 10.5. The predicted molar refractivity (Wildman–Crippen MR) is 67.8 cm³/mol. The van der Waals surface area contributed by atoms with Gasteiger partial charge in [-0.05, 0) is 26.0 Å². The van der Waals surface area contributed by atoms with E-state index in [1.807, 2.05) is 0 Å². The summed E-state index contributed by atoms with van der Waals surface area (Å²) in [6, 6.07) is 4.99. The Hall–Kier alpha value is -2.15. The number of methoxy groups -OCH3 is 1. The maximum Gasteiger partial charge on any atom is 0.256 e. The summed E-state index contributed by atoms with van der Waals surface area (Å²) in [6.07, 6.45) is 5.31. The molecule has 1 rings (SSSR count). The molecule has 0 heterocycles. The second-order valence-electron chi connectivity index (χ2n) is 4.15. The van der Waals surface area contributed by atoms with E-state index in [2.05, 4.69) is 11.2 Å². The molecule has 0 fully saturated rings. The van der Waals surface area contributed by atoms with E-state index in [1.54, 1.807) is 32.0 Å². The van der Waals surface area contributed by atoms with Gasteiger partial charge in [-0.15, -0.1) is 6.42 Å². The fourth-order valence-electron chi connectivity index (χ4n) is 1.35. The topological polar surface area (TPSA) is 64.4 Å². The lowest BCUT2D eigenvalue weighted by atomic mass is 10.1. The number of rotatable bonds is 3. The first kappa shape index (κ1) is 12.9. The molecule has 3 N–H and O–H groups in total. The van der Waals surface area contributed by atoms with Crippen molar-refractivity contribution in [1.82, 2.24) is 5.32 Å². The van der Waals surface area contributed by atoms with Gasteiger partial charge in [0.15, 0.2) is 5.75 Å². The third-order valence-electron chi connectivity index (χ3n) is 2.28. The molecule has 1 amide bonds. The Balaban J connectivity index is 3.06. The van der Waals surface area contributed by atoms with E-state index < -0.39 is 5.54 Å². The average molecular weight is 232 g/mol. The zero-order chi connectivity index (χ0) is 13.1. The summed E-state index contributed by atoms with van der Waals surface area (Å²) in [5, 5.41) is 2.71. The van der Waals surface area contributed by atoms with Crippen LogP contribution in [-0.2, 0) is 0 Å². The molecule has 0 bridgehead atoms. The molecule has 0 radical (unpaired) electrons. The summed E-state index contributed by atoms with van der Waals surface area (Å²) in [5.41, 5.74) is 5.79. The number of hydrogen-bond acceptors (Lipinski definition) is 3. The molecule has 0 aliphatic carbocycles. The molecule has 0 saturated heterocycles. The van der Waals surface area contributed by atoms with Crippen LogP contribution in [0.5, 0.6) is 5.75 Å². The average Bonchev–Trinajstić information content (AvgIpc) is 2.28. The van der Waals surface area contributed by atoms with Crippen LogP contribution >= 0.6 is 0 Å². The van der Waals surface area contributed by atoms with Crippen LogP contribution in [0.3, 0.4) is 0 Å². The Bertz CT molecular complexity index is 473. The molecule has 1 aromatic rings. The molecule has 0 aromatic heterocycles. The van der Waals surface area contributed by atoms with Gasteiger partial charge in [-0.25, -0.2) is 0 Å². The first-order chi connectivity index (χ1) is 7.91. The van der Waals surface area contributed by atoms with Crippen molar-refractivity contribution in [2.75, 3.05) is 12.8 Å². The number of carbonyl (C=O) groups excluding carboxylic acids is 1. The Labute approximate surface area is 101 Å². The van der Waals surface area contributed by atoms with E-state index >= 15 is 0 Å². The van der Waals surface area contributed by atoms with Crippen molar-refractivity contribution in [2.45, 2.75) is 19.4 Å². The molecule has 0 atom stereocenters. The van der Waals surface area contributed by atoms with Crippen LogP contribution < -0.4 is 15.8 Å². The van der Waals surface area contributed by atoms with Gasteiger partial charge in [-0.3, -0.25) is 4.79 Å². The number of anilines is 1. The molecule has 0 unspecified atom stereocenters. The minimum Gasteiger partial charge on any atom is -0.494 e. The first-order valence-corrected chi connectivity index (χ1v) is 5.14. The van der Waals surface area contributed by atoms with E-state index in [9.17, 15) is 4.79 Å². The van der Waals surface area contributed by atoms with Crippen molar-refractivity contribution in [2.24, 2.45) is 0 Å². The Morgan fingerprint density at radius 1 is 1.53 bits per heavy atom. The van der Waals surface area contributed by atoms with Crippen molar-refractivity contribution in [3.63, 3.8) is 0 Å². The summed E-state index contributed by atoms with van der Waals surface area (Å²) in [4.78, 5) is 12.0. The monoisotopic (exact) mass is 232 g/mol. The van der Waals surface area contributed by atoms with Gasteiger partial charge >= 0.3 is 0 Å². The van der Waals surface area contributed by atoms with Gasteiger partial charge in [0.2, 0.25) is 0 Å². The number of nitrogen functional groups attached to an aromatic ring is 1. The van der Waals surface area contributed by atoms with Gasteiger partial charge in [0.25, 0.3) is 5.91 Å². The third kappa shape index (κ3) is 2.91. The largest absolute Gasteiger partial charge is 0.494 e. The van der Waals surface area contributed by atoms with Crippen LogP contribution in [0.4, 0.5) is 5.69 Å². The fourth-order valence-corrected chi connectivity index (χ4v) is 1.35. The van der Waals surface area contributed by atoms with E-state index in [0.717, 1.165) is 0 Å². The van der Waals surface area contributed by atoms with E-state index in [-0.39, 0.29) is 5.91 Å².